The van der Waals surface area contributed by atoms with E-state index in [2.05, 4.69) is 4.98 Å². The summed E-state index contributed by atoms with van der Waals surface area (Å²) in [6.07, 6.45) is 1.57. The van der Waals surface area contributed by atoms with Crippen molar-refractivity contribution in [1.29, 1.82) is 0 Å². The largest absolute Gasteiger partial charge is 0.508 e. The number of nitrogens with one attached hydrogen (secondary N) is 1. The first-order chi connectivity index (χ1) is 8.02. The molecule has 0 saturated carbocycles. The molecule has 2 aromatic rings. The third-order valence-electron chi connectivity index (χ3n) is 2.10. The molecule has 5 heteroatoms. The van der Waals surface area contributed by atoms with Gasteiger partial charge in [0.25, 0.3) is 0 Å². The van der Waals surface area contributed by atoms with E-state index >= 15 is 0 Å². The van der Waals surface area contributed by atoms with Crippen LogP contribution in [-0.4, -0.2) is 26.3 Å². The van der Waals surface area contributed by atoms with Crippen LogP contribution in [-0.2, 0) is 0 Å². The monoisotopic (exact) mass is 235 g/mol. The summed E-state index contributed by atoms with van der Waals surface area (Å²) in [4.78, 5) is 12.6. The maximum absolute atomic E-state index is 10.0. The van der Waals surface area contributed by atoms with E-state index in [1.807, 2.05) is 0 Å². The number of carboxylic acids is 1. The lowest BCUT2D eigenvalue weighted by Gasteiger charge is -1.98. The molecule has 5 nitrogen and oxygen atoms in total. The zero-order valence-electron chi connectivity index (χ0n) is 9.21. The van der Waals surface area contributed by atoms with Gasteiger partial charge in [-0.05, 0) is 31.2 Å². The Kier molecular flexibility index (Phi) is 4.16. The molecule has 0 amide bonds. The lowest BCUT2D eigenvalue weighted by atomic mass is 10.2. The van der Waals surface area contributed by atoms with E-state index in [1.165, 1.54) is 18.2 Å². The summed E-state index contributed by atoms with van der Waals surface area (Å²) >= 11 is 0. The first-order valence-electron chi connectivity index (χ1n) is 4.86. The maximum atomic E-state index is 10.0. The quantitative estimate of drug-likeness (QED) is 0.609. The van der Waals surface area contributed by atoms with E-state index in [0.29, 0.717) is 5.56 Å². The van der Waals surface area contributed by atoms with Gasteiger partial charge in [0, 0.05) is 11.8 Å². The molecule has 0 bridgehead atoms. The predicted octanol–water partition coefficient (Wildman–Crippen LogP) is 2.12. The van der Waals surface area contributed by atoms with Crippen LogP contribution in [0.25, 0.3) is 0 Å². The third-order valence-corrected chi connectivity index (χ3v) is 2.10. The SMILES string of the molecule is Cc1c(O)cccc1O.O=C(O)c1ccc[nH]1. The number of carbonyl (C=O) groups is 1. The van der Waals surface area contributed by atoms with Crippen molar-refractivity contribution < 1.29 is 20.1 Å². The number of aromatic amines is 1. The number of aromatic nitrogens is 1. The Labute approximate surface area is 98.0 Å². The Hall–Kier alpha value is -2.43. The van der Waals surface area contributed by atoms with Gasteiger partial charge in [0.2, 0.25) is 0 Å². The molecule has 17 heavy (non-hydrogen) atoms. The zero-order chi connectivity index (χ0) is 12.8. The molecule has 1 aromatic carbocycles. The molecule has 0 saturated heterocycles. The molecule has 0 aliphatic heterocycles. The van der Waals surface area contributed by atoms with E-state index in [1.54, 1.807) is 25.3 Å². The number of rotatable bonds is 1. The number of phenolic OH excluding ortho intramolecular Hbond substituents is 2. The van der Waals surface area contributed by atoms with Crippen LogP contribution in [0.1, 0.15) is 16.1 Å². The van der Waals surface area contributed by atoms with Gasteiger partial charge in [-0.25, -0.2) is 4.79 Å². The molecule has 2 rings (SSSR count). The highest BCUT2D eigenvalue weighted by molar-refractivity contribution is 5.85. The number of hydrogen-bond donors (Lipinski definition) is 4. The van der Waals surface area contributed by atoms with Crippen LogP contribution < -0.4 is 0 Å². The topological polar surface area (TPSA) is 93.6 Å². The summed E-state index contributed by atoms with van der Waals surface area (Å²) < 4.78 is 0. The number of carboxylic acid groups (broad SMARTS) is 1. The van der Waals surface area contributed by atoms with Crippen molar-refractivity contribution in [3.05, 3.63) is 47.8 Å². The Morgan fingerprint density at radius 2 is 1.71 bits per heavy atom. The Morgan fingerprint density at radius 3 is 2.00 bits per heavy atom. The lowest BCUT2D eigenvalue weighted by Crippen LogP contribution is -1.94. The highest BCUT2D eigenvalue weighted by atomic mass is 16.4. The highest BCUT2D eigenvalue weighted by Crippen LogP contribution is 2.23. The van der Waals surface area contributed by atoms with Gasteiger partial charge in [-0.15, -0.1) is 0 Å². The molecule has 0 fully saturated rings. The molecule has 1 heterocycles. The maximum Gasteiger partial charge on any atom is 0.352 e. The number of hydrogen-bond acceptors (Lipinski definition) is 3. The van der Waals surface area contributed by atoms with E-state index in [0.717, 1.165) is 0 Å². The van der Waals surface area contributed by atoms with Gasteiger partial charge in [0.15, 0.2) is 0 Å². The van der Waals surface area contributed by atoms with Gasteiger partial charge >= 0.3 is 5.97 Å². The standard InChI is InChI=1S/C7H8O2.C5H5NO2/c1-5-6(8)3-2-4-7(5)9;7-5(8)4-2-1-3-6-4/h2-4,8-9H,1H3;1-3,6H,(H,7,8). The Morgan fingerprint density at radius 1 is 1.12 bits per heavy atom. The minimum absolute atomic E-state index is 0.134. The summed E-state index contributed by atoms with van der Waals surface area (Å²) in [6.45, 7) is 1.66. The summed E-state index contributed by atoms with van der Waals surface area (Å²) in [7, 11) is 0. The number of aromatic carboxylic acids is 1. The summed E-state index contributed by atoms with van der Waals surface area (Å²) in [6, 6.07) is 7.81. The van der Waals surface area contributed by atoms with Crippen LogP contribution in [0.15, 0.2) is 36.5 Å². The van der Waals surface area contributed by atoms with Gasteiger partial charge in [0.1, 0.15) is 17.2 Å². The van der Waals surface area contributed by atoms with Crippen molar-refractivity contribution in [2.45, 2.75) is 6.92 Å². The smallest absolute Gasteiger partial charge is 0.352 e. The first-order valence-corrected chi connectivity index (χ1v) is 4.86. The second-order valence-electron chi connectivity index (χ2n) is 3.31. The normalized spacial score (nSPS) is 9.24. The number of benzene rings is 1. The first kappa shape index (κ1) is 12.6. The Balaban J connectivity index is 0.000000171. The molecule has 0 atom stereocenters. The van der Waals surface area contributed by atoms with Crippen LogP contribution in [0.5, 0.6) is 11.5 Å². The third kappa shape index (κ3) is 3.57. The second-order valence-corrected chi connectivity index (χ2v) is 3.31. The number of H-pyrrole nitrogens is 1. The Bertz CT molecular complexity index is 471. The molecule has 90 valence electrons. The molecule has 0 aliphatic carbocycles. The fraction of sp³-hybridized carbons (Fsp3) is 0.0833. The molecule has 1 aromatic heterocycles. The van der Waals surface area contributed by atoms with E-state index in [9.17, 15) is 4.79 Å². The van der Waals surface area contributed by atoms with Gasteiger partial charge in [-0.3, -0.25) is 0 Å². The number of phenols is 2. The van der Waals surface area contributed by atoms with Crippen molar-refractivity contribution in [1.82, 2.24) is 4.98 Å². The van der Waals surface area contributed by atoms with Gasteiger partial charge in [-0.2, -0.15) is 0 Å². The van der Waals surface area contributed by atoms with Gasteiger partial charge in [0.05, 0.1) is 0 Å². The molecule has 0 radical (unpaired) electrons. The van der Waals surface area contributed by atoms with Crippen molar-refractivity contribution in [3.63, 3.8) is 0 Å². The molecular weight excluding hydrogens is 222 g/mol. The lowest BCUT2D eigenvalue weighted by molar-refractivity contribution is 0.0691. The van der Waals surface area contributed by atoms with Crippen molar-refractivity contribution in [3.8, 4) is 11.5 Å². The van der Waals surface area contributed by atoms with Crippen molar-refractivity contribution in [2.24, 2.45) is 0 Å². The molecule has 0 aliphatic rings. The van der Waals surface area contributed by atoms with Crippen LogP contribution in [0.4, 0.5) is 0 Å². The van der Waals surface area contributed by atoms with Gasteiger partial charge < -0.3 is 20.3 Å². The summed E-state index contributed by atoms with van der Waals surface area (Å²) in [5, 5.41) is 26.1. The average molecular weight is 235 g/mol. The summed E-state index contributed by atoms with van der Waals surface area (Å²) in [5.41, 5.74) is 0.752. The molecular formula is C12H13NO4. The van der Waals surface area contributed by atoms with Crippen LogP contribution in [0.3, 0.4) is 0 Å². The minimum atomic E-state index is -0.921. The summed E-state index contributed by atoms with van der Waals surface area (Å²) in [5.74, 6) is -0.653. The molecule has 0 spiro atoms. The second kappa shape index (κ2) is 5.60. The van der Waals surface area contributed by atoms with Crippen molar-refractivity contribution in [2.75, 3.05) is 0 Å². The van der Waals surface area contributed by atoms with Gasteiger partial charge in [-0.1, -0.05) is 6.07 Å². The average Bonchev–Trinajstić information content (AvgIpc) is 2.80. The van der Waals surface area contributed by atoms with E-state index in [-0.39, 0.29) is 17.2 Å². The van der Waals surface area contributed by atoms with Crippen molar-refractivity contribution >= 4 is 5.97 Å². The predicted molar refractivity (Wildman–Crippen MR) is 62.3 cm³/mol. The minimum Gasteiger partial charge on any atom is -0.508 e. The van der Waals surface area contributed by atoms with Crippen LogP contribution >= 0.6 is 0 Å². The highest BCUT2D eigenvalue weighted by Gasteiger charge is 1.98. The molecule has 0 unspecified atom stereocenters. The molecule has 4 N–H and O–H groups in total. The fourth-order valence-electron chi connectivity index (χ4n) is 1.07. The number of aromatic hydroxyl groups is 2. The van der Waals surface area contributed by atoms with Crippen LogP contribution in [0, 0.1) is 6.92 Å². The van der Waals surface area contributed by atoms with E-state index in [4.69, 9.17) is 15.3 Å². The van der Waals surface area contributed by atoms with Crippen LogP contribution in [0.2, 0.25) is 0 Å². The van der Waals surface area contributed by atoms with E-state index < -0.39 is 5.97 Å². The fourth-order valence-corrected chi connectivity index (χ4v) is 1.07. The zero-order valence-corrected chi connectivity index (χ0v) is 9.21.